The van der Waals surface area contributed by atoms with Crippen LogP contribution in [0.2, 0.25) is 0 Å². The molecule has 1 rings (SSSR count). The average molecular weight is 407 g/mol. The van der Waals surface area contributed by atoms with Crippen LogP contribution in [-0.4, -0.2) is 41.2 Å². The summed E-state index contributed by atoms with van der Waals surface area (Å²) in [5.41, 5.74) is -4.66. The molecule has 0 aromatic carbocycles. The number of esters is 1. The van der Waals surface area contributed by atoms with E-state index >= 15 is 0 Å². The molecule has 0 aromatic heterocycles. The lowest BCUT2D eigenvalue weighted by molar-refractivity contribution is -0.412. The summed E-state index contributed by atoms with van der Waals surface area (Å²) in [6.45, 7) is 6.27. The van der Waals surface area contributed by atoms with Crippen molar-refractivity contribution in [1.29, 1.82) is 0 Å². The zero-order valence-corrected chi connectivity index (χ0v) is 15.9. The summed E-state index contributed by atoms with van der Waals surface area (Å²) in [7, 11) is 0. The Balaban J connectivity index is 3.41. The number of carbonyl (C=O) groups excluding carboxylic acids is 1. The average Bonchev–Trinajstić information content (AvgIpc) is 2.91. The maximum Gasteiger partial charge on any atom is 0.430 e. The minimum Gasteiger partial charge on any atom is -0.455 e. The van der Waals surface area contributed by atoms with Crippen LogP contribution in [0.1, 0.15) is 59.8 Å². The molecule has 0 aliphatic heterocycles. The zero-order valence-electron chi connectivity index (χ0n) is 15.9. The predicted octanol–water partition coefficient (Wildman–Crippen LogP) is 4.10. The van der Waals surface area contributed by atoms with E-state index in [4.69, 9.17) is 10.5 Å². The molecule has 3 N–H and O–H groups in total. The number of ether oxygens (including phenoxy) is 1. The van der Waals surface area contributed by atoms with E-state index in [0.717, 1.165) is 0 Å². The van der Waals surface area contributed by atoms with Gasteiger partial charge in [-0.05, 0) is 44.4 Å². The minimum atomic E-state index is -6.07. The number of halogens is 6. The Morgan fingerprint density at radius 1 is 1.00 bits per heavy atom. The molecule has 1 fully saturated rings. The Morgan fingerprint density at radius 3 is 1.70 bits per heavy atom. The standard InChI is InChI=1S/C17H27F6NO3/c1-12(2,3)9-13(4,10-24)11(25)27-14(7-5-6-8-14)15(26,16(18,19)20)17(21,22)23/h26H,5-10,24H2,1-4H3. The van der Waals surface area contributed by atoms with Crippen LogP contribution >= 0.6 is 0 Å². The largest absolute Gasteiger partial charge is 0.455 e. The molecular formula is C17H27F6NO3. The number of nitrogens with two attached hydrogens (primary N) is 1. The summed E-state index contributed by atoms with van der Waals surface area (Å²) in [5, 5.41) is 9.90. The first-order chi connectivity index (χ1) is 11.9. The van der Waals surface area contributed by atoms with Gasteiger partial charge in [-0.1, -0.05) is 20.8 Å². The van der Waals surface area contributed by atoms with Crippen molar-refractivity contribution in [2.24, 2.45) is 16.6 Å². The number of carbonyl (C=O) groups is 1. The van der Waals surface area contributed by atoms with Crippen LogP contribution in [0.25, 0.3) is 0 Å². The topological polar surface area (TPSA) is 72.6 Å². The van der Waals surface area contributed by atoms with Gasteiger partial charge in [0, 0.05) is 6.54 Å². The van der Waals surface area contributed by atoms with Crippen molar-refractivity contribution >= 4 is 5.97 Å². The van der Waals surface area contributed by atoms with Gasteiger partial charge in [0.25, 0.3) is 5.60 Å². The van der Waals surface area contributed by atoms with Crippen LogP contribution in [0.5, 0.6) is 0 Å². The Labute approximate surface area is 154 Å². The molecule has 0 bridgehead atoms. The zero-order chi connectivity index (χ0) is 21.5. The van der Waals surface area contributed by atoms with E-state index in [1.54, 1.807) is 20.8 Å². The molecule has 0 spiro atoms. The van der Waals surface area contributed by atoms with Crippen LogP contribution in [0, 0.1) is 10.8 Å². The number of hydrogen-bond donors (Lipinski definition) is 2. The second-order valence-electron chi connectivity index (χ2n) is 8.80. The van der Waals surface area contributed by atoms with E-state index < -0.39 is 53.2 Å². The highest BCUT2D eigenvalue weighted by molar-refractivity contribution is 5.77. The van der Waals surface area contributed by atoms with E-state index in [1.165, 1.54) is 6.92 Å². The third-order valence-electron chi connectivity index (χ3n) is 5.04. The van der Waals surface area contributed by atoms with Crippen molar-refractivity contribution < 1.29 is 41.0 Å². The lowest BCUT2D eigenvalue weighted by Crippen LogP contribution is -2.71. The fraction of sp³-hybridized carbons (Fsp3) is 0.941. The number of aliphatic hydroxyl groups is 1. The highest BCUT2D eigenvalue weighted by Crippen LogP contribution is 2.56. The highest BCUT2D eigenvalue weighted by Gasteiger charge is 2.81. The van der Waals surface area contributed by atoms with E-state index in [1.807, 2.05) is 0 Å². The molecule has 0 amide bonds. The molecule has 1 saturated carbocycles. The SMILES string of the molecule is CC(C)(C)CC(C)(CN)C(=O)OC1(C(O)(C(F)(F)F)C(F)(F)F)CCCC1. The summed E-state index contributed by atoms with van der Waals surface area (Å²) >= 11 is 0. The Morgan fingerprint density at radius 2 is 1.41 bits per heavy atom. The second-order valence-corrected chi connectivity index (χ2v) is 8.80. The second kappa shape index (κ2) is 7.09. The van der Waals surface area contributed by atoms with Crippen LogP contribution in [0.15, 0.2) is 0 Å². The van der Waals surface area contributed by atoms with Crippen LogP contribution in [0.3, 0.4) is 0 Å². The van der Waals surface area contributed by atoms with Gasteiger partial charge in [0.1, 0.15) is 0 Å². The van der Waals surface area contributed by atoms with E-state index in [0.29, 0.717) is 0 Å². The number of alkyl halides is 6. The summed E-state index contributed by atoms with van der Waals surface area (Å²) in [5.74, 6) is -1.27. The predicted molar refractivity (Wildman–Crippen MR) is 85.6 cm³/mol. The van der Waals surface area contributed by atoms with Crippen molar-refractivity contribution in [2.45, 2.75) is 83.4 Å². The summed E-state index contributed by atoms with van der Waals surface area (Å²) in [4.78, 5) is 12.7. The van der Waals surface area contributed by atoms with Gasteiger partial charge < -0.3 is 15.6 Å². The van der Waals surface area contributed by atoms with Gasteiger partial charge in [0.05, 0.1) is 5.41 Å². The van der Waals surface area contributed by atoms with Gasteiger partial charge in [-0.15, -0.1) is 0 Å². The van der Waals surface area contributed by atoms with Crippen molar-refractivity contribution in [3.8, 4) is 0 Å². The van der Waals surface area contributed by atoms with E-state index in [9.17, 15) is 36.2 Å². The monoisotopic (exact) mass is 407 g/mol. The van der Waals surface area contributed by atoms with Gasteiger partial charge in [0.15, 0.2) is 5.60 Å². The molecule has 1 unspecified atom stereocenters. The molecule has 160 valence electrons. The molecule has 1 aliphatic carbocycles. The number of rotatable bonds is 5. The maximum absolute atomic E-state index is 13.4. The normalized spacial score (nSPS) is 21.0. The molecule has 4 nitrogen and oxygen atoms in total. The molecule has 27 heavy (non-hydrogen) atoms. The van der Waals surface area contributed by atoms with Crippen LogP contribution < -0.4 is 5.73 Å². The Kier molecular flexibility index (Phi) is 6.31. The first kappa shape index (κ1) is 24.0. The fourth-order valence-corrected chi connectivity index (χ4v) is 3.86. The van der Waals surface area contributed by atoms with Gasteiger partial charge in [-0.2, -0.15) is 26.3 Å². The molecule has 0 saturated heterocycles. The first-order valence-corrected chi connectivity index (χ1v) is 8.65. The van der Waals surface area contributed by atoms with Crippen molar-refractivity contribution in [3.63, 3.8) is 0 Å². The van der Waals surface area contributed by atoms with Crippen LogP contribution in [0.4, 0.5) is 26.3 Å². The van der Waals surface area contributed by atoms with E-state index in [2.05, 4.69) is 0 Å². The smallest absolute Gasteiger partial charge is 0.430 e. The summed E-state index contributed by atoms with van der Waals surface area (Å²) < 4.78 is 85.4. The van der Waals surface area contributed by atoms with Crippen molar-refractivity contribution in [3.05, 3.63) is 0 Å². The molecule has 0 heterocycles. The quantitative estimate of drug-likeness (QED) is 0.532. The third kappa shape index (κ3) is 4.36. The van der Waals surface area contributed by atoms with Crippen molar-refractivity contribution in [1.82, 2.24) is 0 Å². The lowest BCUT2D eigenvalue weighted by atomic mass is 9.74. The third-order valence-corrected chi connectivity index (χ3v) is 5.04. The first-order valence-electron chi connectivity index (χ1n) is 8.65. The van der Waals surface area contributed by atoms with Gasteiger partial charge in [-0.25, -0.2) is 0 Å². The molecule has 1 aliphatic rings. The fourth-order valence-electron chi connectivity index (χ4n) is 3.86. The van der Waals surface area contributed by atoms with Crippen LogP contribution in [-0.2, 0) is 9.53 Å². The molecule has 0 radical (unpaired) electrons. The number of hydrogen-bond acceptors (Lipinski definition) is 4. The van der Waals surface area contributed by atoms with Gasteiger partial charge in [0.2, 0.25) is 0 Å². The van der Waals surface area contributed by atoms with Crippen molar-refractivity contribution in [2.75, 3.05) is 6.54 Å². The minimum absolute atomic E-state index is 0.0413. The molecular weight excluding hydrogens is 380 g/mol. The summed E-state index contributed by atoms with van der Waals surface area (Å²) in [6, 6.07) is 0. The Bertz CT molecular complexity index is 532. The molecule has 1 atom stereocenters. The lowest BCUT2D eigenvalue weighted by Gasteiger charge is -2.46. The van der Waals surface area contributed by atoms with Gasteiger partial charge in [-0.3, -0.25) is 4.79 Å². The molecule has 0 aromatic rings. The molecule has 10 heteroatoms. The summed E-state index contributed by atoms with van der Waals surface area (Å²) in [6.07, 6.45) is -13.6. The van der Waals surface area contributed by atoms with E-state index in [-0.39, 0.29) is 25.8 Å². The Hall–Kier alpha value is -1.03. The maximum atomic E-state index is 13.4. The highest BCUT2D eigenvalue weighted by atomic mass is 19.4. The van der Waals surface area contributed by atoms with Gasteiger partial charge >= 0.3 is 18.3 Å².